The molecule has 21 heavy (non-hydrogen) atoms. The van der Waals surface area contributed by atoms with E-state index in [1.54, 1.807) is 0 Å². The average molecular weight is 284 g/mol. The second-order valence-electron chi connectivity index (χ2n) is 4.83. The molecule has 1 atom stereocenters. The quantitative estimate of drug-likeness (QED) is 0.856. The molecule has 0 aromatic heterocycles. The number of alkyl carbamates (subject to hydrolysis) is 1. The topological polar surface area (TPSA) is 64.3 Å². The van der Waals surface area contributed by atoms with E-state index in [1.165, 1.54) is 0 Å². The van der Waals surface area contributed by atoms with Gasteiger partial charge in [-0.25, -0.2) is 4.79 Å². The number of benzene rings is 2. The first-order valence-electron chi connectivity index (χ1n) is 6.99. The highest BCUT2D eigenvalue weighted by Crippen LogP contribution is 2.04. The summed E-state index contributed by atoms with van der Waals surface area (Å²) < 4.78 is 5.19. The van der Waals surface area contributed by atoms with Crippen LogP contribution in [0, 0.1) is 0 Å². The van der Waals surface area contributed by atoms with Gasteiger partial charge in [0, 0.05) is 12.6 Å². The maximum absolute atomic E-state index is 11.8. The Morgan fingerprint density at radius 1 is 1.00 bits per heavy atom. The molecule has 2 aromatic carbocycles. The van der Waals surface area contributed by atoms with Crippen LogP contribution in [0.2, 0.25) is 0 Å². The van der Waals surface area contributed by atoms with E-state index in [9.17, 15) is 4.79 Å². The zero-order valence-electron chi connectivity index (χ0n) is 11.9. The minimum atomic E-state index is -0.440. The van der Waals surface area contributed by atoms with Gasteiger partial charge in [-0.1, -0.05) is 60.7 Å². The summed E-state index contributed by atoms with van der Waals surface area (Å²) in [4.78, 5) is 11.8. The Morgan fingerprint density at radius 3 is 2.14 bits per heavy atom. The van der Waals surface area contributed by atoms with Crippen molar-refractivity contribution in [2.24, 2.45) is 5.73 Å². The summed E-state index contributed by atoms with van der Waals surface area (Å²) in [6.07, 6.45) is 0.253. The van der Waals surface area contributed by atoms with Gasteiger partial charge in [-0.3, -0.25) is 0 Å². The smallest absolute Gasteiger partial charge is 0.407 e. The van der Waals surface area contributed by atoms with Crippen molar-refractivity contribution in [2.75, 3.05) is 6.54 Å². The second kappa shape index (κ2) is 8.07. The maximum atomic E-state index is 11.8. The van der Waals surface area contributed by atoms with Crippen LogP contribution in [0.3, 0.4) is 0 Å². The fraction of sp³-hybridized carbons (Fsp3) is 0.235. The third-order valence-corrected chi connectivity index (χ3v) is 3.14. The monoisotopic (exact) mass is 284 g/mol. The minimum Gasteiger partial charge on any atom is -0.445 e. The molecule has 0 radical (unpaired) electrons. The molecule has 0 heterocycles. The van der Waals surface area contributed by atoms with Gasteiger partial charge in [-0.15, -0.1) is 0 Å². The summed E-state index contributed by atoms with van der Waals surface area (Å²) in [7, 11) is 0. The van der Waals surface area contributed by atoms with E-state index in [0.717, 1.165) is 11.1 Å². The van der Waals surface area contributed by atoms with Gasteiger partial charge in [0.05, 0.1) is 0 Å². The zero-order chi connectivity index (χ0) is 14.9. The number of ether oxygens (including phenoxy) is 1. The maximum Gasteiger partial charge on any atom is 0.407 e. The lowest BCUT2D eigenvalue weighted by Gasteiger charge is -2.16. The van der Waals surface area contributed by atoms with Crippen molar-refractivity contribution >= 4 is 6.09 Å². The molecule has 2 rings (SSSR count). The highest BCUT2D eigenvalue weighted by molar-refractivity contribution is 5.67. The fourth-order valence-electron chi connectivity index (χ4n) is 2.02. The van der Waals surface area contributed by atoms with Crippen LogP contribution in [0.1, 0.15) is 11.1 Å². The first-order chi connectivity index (χ1) is 10.3. The van der Waals surface area contributed by atoms with Crippen molar-refractivity contribution < 1.29 is 9.53 Å². The number of nitrogens with one attached hydrogen (secondary N) is 1. The van der Waals surface area contributed by atoms with E-state index >= 15 is 0 Å². The molecule has 0 spiro atoms. The summed E-state index contributed by atoms with van der Waals surface area (Å²) in [6.45, 7) is 0.630. The van der Waals surface area contributed by atoms with Crippen molar-refractivity contribution in [3.63, 3.8) is 0 Å². The van der Waals surface area contributed by atoms with E-state index in [-0.39, 0.29) is 12.6 Å². The van der Waals surface area contributed by atoms with Gasteiger partial charge in [-0.2, -0.15) is 0 Å². The molecular weight excluding hydrogens is 264 g/mol. The van der Waals surface area contributed by atoms with Crippen molar-refractivity contribution in [2.45, 2.75) is 19.1 Å². The molecule has 0 aliphatic rings. The number of carbonyl (C=O) groups excluding carboxylic acids is 1. The van der Waals surface area contributed by atoms with Crippen LogP contribution in [0.25, 0.3) is 0 Å². The van der Waals surface area contributed by atoms with E-state index in [4.69, 9.17) is 10.5 Å². The Kier molecular flexibility index (Phi) is 5.79. The number of rotatable bonds is 6. The van der Waals surface area contributed by atoms with Crippen molar-refractivity contribution in [1.29, 1.82) is 0 Å². The van der Waals surface area contributed by atoms with Gasteiger partial charge in [0.1, 0.15) is 6.61 Å². The lowest BCUT2D eigenvalue weighted by Crippen LogP contribution is -2.41. The van der Waals surface area contributed by atoms with Gasteiger partial charge in [0.15, 0.2) is 0 Å². The summed E-state index contributed by atoms with van der Waals surface area (Å²) in [5.41, 5.74) is 7.80. The van der Waals surface area contributed by atoms with Crippen LogP contribution in [-0.4, -0.2) is 18.7 Å². The standard InChI is InChI=1S/C17H20N2O2/c18-12-16(11-14-7-3-1-4-8-14)19-17(20)21-13-15-9-5-2-6-10-15/h1-10,16H,11-13,18H2,(H,19,20)/t16-/m1/s1. The third-order valence-electron chi connectivity index (χ3n) is 3.14. The molecule has 3 N–H and O–H groups in total. The SMILES string of the molecule is NC[C@@H](Cc1ccccc1)NC(=O)OCc1ccccc1. The normalized spacial score (nSPS) is 11.7. The number of carbonyl (C=O) groups is 1. The molecule has 4 nitrogen and oxygen atoms in total. The Balaban J connectivity index is 1.80. The Bertz CT molecular complexity index is 543. The van der Waals surface area contributed by atoms with E-state index in [1.807, 2.05) is 60.7 Å². The van der Waals surface area contributed by atoms with Gasteiger partial charge < -0.3 is 15.8 Å². The molecule has 0 aliphatic heterocycles. The average Bonchev–Trinajstić information content (AvgIpc) is 2.54. The van der Waals surface area contributed by atoms with Crippen LogP contribution < -0.4 is 11.1 Å². The fourth-order valence-corrected chi connectivity index (χ4v) is 2.02. The van der Waals surface area contributed by atoms with E-state index in [0.29, 0.717) is 13.0 Å². The van der Waals surface area contributed by atoms with Gasteiger partial charge in [-0.05, 0) is 17.5 Å². The van der Waals surface area contributed by atoms with E-state index in [2.05, 4.69) is 5.32 Å². The van der Waals surface area contributed by atoms with Crippen molar-refractivity contribution in [3.8, 4) is 0 Å². The van der Waals surface area contributed by atoms with Crippen LogP contribution >= 0.6 is 0 Å². The Morgan fingerprint density at radius 2 is 1.57 bits per heavy atom. The first kappa shape index (κ1) is 15.1. The van der Waals surface area contributed by atoms with Crippen LogP contribution in [-0.2, 0) is 17.8 Å². The van der Waals surface area contributed by atoms with Crippen LogP contribution in [0.4, 0.5) is 4.79 Å². The molecule has 0 saturated heterocycles. The molecule has 110 valence electrons. The molecular formula is C17H20N2O2. The molecule has 0 saturated carbocycles. The number of amides is 1. The van der Waals surface area contributed by atoms with Gasteiger partial charge in [0.2, 0.25) is 0 Å². The lowest BCUT2D eigenvalue weighted by atomic mass is 10.1. The number of hydrogen-bond acceptors (Lipinski definition) is 3. The van der Waals surface area contributed by atoms with Gasteiger partial charge in [0.25, 0.3) is 0 Å². The predicted octanol–water partition coefficient (Wildman–Crippen LogP) is 2.48. The van der Waals surface area contributed by atoms with Crippen LogP contribution in [0.5, 0.6) is 0 Å². The van der Waals surface area contributed by atoms with Crippen molar-refractivity contribution in [3.05, 3.63) is 71.8 Å². The highest BCUT2D eigenvalue weighted by atomic mass is 16.5. The molecule has 4 heteroatoms. The number of nitrogens with two attached hydrogens (primary N) is 1. The van der Waals surface area contributed by atoms with E-state index < -0.39 is 6.09 Å². The second-order valence-corrected chi connectivity index (χ2v) is 4.83. The summed E-state index contributed by atoms with van der Waals surface area (Å²) in [5, 5.41) is 2.80. The minimum absolute atomic E-state index is 0.129. The molecule has 2 aromatic rings. The molecule has 0 fully saturated rings. The largest absolute Gasteiger partial charge is 0.445 e. The zero-order valence-corrected chi connectivity index (χ0v) is 11.9. The third kappa shape index (κ3) is 5.28. The Labute approximate surface area is 124 Å². The molecule has 0 unspecified atom stereocenters. The first-order valence-corrected chi connectivity index (χ1v) is 6.99. The molecule has 0 aliphatic carbocycles. The Hall–Kier alpha value is -2.33. The van der Waals surface area contributed by atoms with Crippen LogP contribution in [0.15, 0.2) is 60.7 Å². The lowest BCUT2D eigenvalue weighted by molar-refractivity contribution is 0.136. The molecule has 1 amide bonds. The predicted molar refractivity (Wildman–Crippen MR) is 82.8 cm³/mol. The van der Waals surface area contributed by atoms with Crippen molar-refractivity contribution in [1.82, 2.24) is 5.32 Å². The van der Waals surface area contributed by atoms with Gasteiger partial charge >= 0.3 is 6.09 Å². The summed E-state index contributed by atoms with van der Waals surface area (Å²) in [6, 6.07) is 19.4. The molecule has 0 bridgehead atoms. The summed E-state index contributed by atoms with van der Waals surface area (Å²) >= 11 is 0. The summed E-state index contributed by atoms with van der Waals surface area (Å²) in [5.74, 6) is 0. The number of hydrogen-bond donors (Lipinski definition) is 2. The highest BCUT2D eigenvalue weighted by Gasteiger charge is 2.12.